The van der Waals surface area contributed by atoms with Gasteiger partial charge < -0.3 is 0 Å². The highest BCUT2D eigenvalue weighted by Crippen LogP contribution is 2.21. The Hall–Kier alpha value is -1.26. The number of rotatable bonds is 5. The van der Waals surface area contributed by atoms with Gasteiger partial charge in [0.1, 0.15) is 0 Å². The Morgan fingerprint density at radius 3 is 2.33 bits per heavy atom. The molecule has 0 aliphatic carbocycles. The van der Waals surface area contributed by atoms with Gasteiger partial charge in [0, 0.05) is 16.2 Å². The minimum Gasteiger partial charge on any atom is -0.294 e. The van der Waals surface area contributed by atoms with E-state index in [2.05, 4.69) is 0 Å². The summed E-state index contributed by atoms with van der Waals surface area (Å²) in [5.41, 5.74) is 0. The van der Waals surface area contributed by atoms with Gasteiger partial charge in [-0.1, -0.05) is 0 Å². The minimum absolute atomic E-state index is 0.0893. The molecule has 4 heteroatoms. The second-order valence-corrected chi connectivity index (χ2v) is 6.61. The third-order valence-corrected chi connectivity index (χ3v) is 4.91. The SMILES string of the molecule is CC(=O)c1ccc(CCC(=O)c2ccc(C)s2)s1. The van der Waals surface area contributed by atoms with Gasteiger partial charge in [-0.15, -0.1) is 22.7 Å². The lowest BCUT2D eigenvalue weighted by Gasteiger charge is -1.96. The van der Waals surface area contributed by atoms with Crippen LogP contribution >= 0.6 is 22.7 Å². The zero-order valence-electron chi connectivity index (χ0n) is 10.4. The first-order valence-electron chi connectivity index (χ1n) is 5.75. The molecule has 2 heterocycles. The molecule has 2 aromatic heterocycles. The fraction of sp³-hybridized carbons (Fsp3) is 0.286. The maximum Gasteiger partial charge on any atom is 0.173 e. The third-order valence-electron chi connectivity index (χ3n) is 2.62. The van der Waals surface area contributed by atoms with Crippen LogP contribution in [0.1, 0.15) is 42.4 Å². The molecular formula is C14H14O2S2. The number of ketones is 2. The lowest BCUT2D eigenvalue weighted by molar-refractivity contribution is 0.0985. The molecule has 18 heavy (non-hydrogen) atoms. The Morgan fingerprint density at radius 2 is 1.78 bits per heavy atom. The second kappa shape index (κ2) is 5.59. The summed E-state index contributed by atoms with van der Waals surface area (Å²) in [5.74, 6) is 0.275. The molecule has 0 saturated heterocycles. The second-order valence-electron chi connectivity index (χ2n) is 4.16. The molecule has 2 nitrogen and oxygen atoms in total. The number of Topliss-reactive ketones (excluding diaryl/α,β-unsaturated/α-hetero) is 2. The van der Waals surface area contributed by atoms with Crippen molar-refractivity contribution in [3.05, 3.63) is 43.8 Å². The van der Waals surface area contributed by atoms with Crippen LogP contribution in [0.25, 0.3) is 0 Å². The molecule has 0 amide bonds. The van der Waals surface area contributed by atoms with Crippen molar-refractivity contribution in [1.29, 1.82) is 0 Å². The summed E-state index contributed by atoms with van der Waals surface area (Å²) in [6, 6.07) is 7.63. The van der Waals surface area contributed by atoms with Crippen molar-refractivity contribution in [3.63, 3.8) is 0 Å². The van der Waals surface area contributed by atoms with Crippen LogP contribution in [0.2, 0.25) is 0 Å². The first-order chi connectivity index (χ1) is 8.56. The molecule has 0 N–H and O–H groups in total. The van der Waals surface area contributed by atoms with E-state index in [1.54, 1.807) is 18.3 Å². The van der Waals surface area contributed by atoms with E-state index < -0.39 is 0 Å². The number of carbonyl (C=O) groups is 2. The molecule has 0 aliphatic rings. The fourth-order valence-corrected chi connectivity index (χ4v) is 3.38. The average molecular weight is 278 g/mol. The highest BCUT2D eigenvalue weighted by Gasteiger charge is 2.10. The predicted octanol–water partition coefficient (Wildman–Crippen LogP) is 4.14. The molecule has 0 spiro atoms. The zero-order valence-corrected chi connectivity index (χ0v) is 12.0. The van der Waals surface area contributed by atoms with Crippen LogP contribution in [0.3, 0.4) is 0 Å². The topological polar surface area (TPSA) is 34.1 Å². The van der Waals surface area contributed by atoms with E-state index in [1.807, 2.05) is 31.2 Å². The molecule has 0 fully saturated rings. The summed E-state index contributed by atoms with van der Waals surface area (Å²) < 4.78 is 0. The number of hydrogen-bond donors (Lipinski definition) is 0. The van der Waals surface area contributed by atoms with Crippen LogP contribution in [0.5, 0.6) is 0 Å². The minimum atomic E-state index is 0.0893. The number of hydrogen-bond acceptors (Lipinski definition) is 4. The Bertz CT molecular complexity index is 578. The maximum atomic E-state index is 11.9. The third kappa shape index (κ3) is 3.15. The summed E-state index contributed by atoms with van der Waals surface area (Å²) in [5, 5.41) is 0. The summed E-state index contributed by atoms with van der Waals surface area (Å²) in [6.07, 6.45) is 1.23. The molecular weight excluding hydrogens is 264 g/mol. The largest absolute Gasteiger partial charge is 0.294 e. The van der Waals surface area contributed by atoms with Gasteiger partial charge >= 0.3 is 0 Å². The average Bonchev–Trinajstić information content (AvgIpc) is 2.94. The molecule has 0 atom stereocenters. The molecule has 0 aliphatic heterocycles. The van der Waals surface area contributed by atoms with Gasteiger partial charge in [0.05, 0.1) is 9.75 Å². The van der Waals surface area contributed by atoms with E-state index in [9.17, 15) is 9.59 Å². The highest BCUT2D eigenvalue weighted by molar-refractivity contribution is 7.14. The highest BCUT2D eigenvalue weighted by atomic mass is 32.1. The molecule has 0 saturated carbocycles. The van der Waals surface area contributed by atoms with Gasteiger partial charge in [0.25, 0.3) is 0 Å². The van der Waals surface area contributed by atoms with Gasteiger partial charge in [-0.2, -0.15) is 0 Å². The van der Waals surface area contributed by atoms with Crippen molar-refractivity contribution < 1.29 is 9.59 Å². The van der Waals surface area contributed by atoms with E-state index in [1.165, 1.54) is 11.3 Å². The molecule has 0 radical (unpaired) electrons. The van der Waals surface area contributed by atoms with Gasteiger partial charge in [0.15, 0.2) is 11.6 Å². The number of carbonyl (C=O) groups excluding carboxylic acids is 2. The molecule has 2 rings (SSSR count). The molecule has 0 bridgehead atoms. The summed E-state index contributed by atoms with van der Waals surface area (Å²) >= 11 is 3.03. The Balaban J connectivity index is 1.95. The lowest BCUT2D eigenvalue weighted by Crippen LogP contribution is -1.97. The maximum absolute atomic E-state index is 11.9. The van der Waals surface area contributed by atoms with Gasteiger partial charge in [-0.05, 0) is 44.5 Å². The van der Waals surface area contributed by atoms with Crippen LogP contribution in [0.15, 0.2) is 24.3 Å². The van der Waals surface area contributed by atoms with Gasteiger partial charge in [-0.25, -0.2) is 0 Å². The first-order valence-corrected chi connectivity index (χ1v) is 7.39. The van der Waals surface area contributed by atoms with Crippen LogP contribution in [0, 0.1) is 6.92 Å². The first kappa shape index (κ1) is 13.2. The van der Waals surface area contributed by atoms with E-state index in [0.29, 0.717) is 12.8 Å². The van der Waals surface area contributed by atoms with Crippen molar-refractivity contribution in [2.24, 2.45) is 0 Å². The monoisotopic (exact) mass is 278 g/mol. The number of aryl methyl sites for hydroxylation is 2. The quantitative estimate of drug-likeness (QED) is 0.770. The predicted molar refractivity (Wildman–Crippen MR) is 76.0 cm³/mol. The van der Waals surface area contributed by atoms with Crippen LogP contribution in [0.4, 0.5) is 0 Å². The van der Waals surface area contributed by atoms with Crippen LogP contribution in [-0.2, 0) is 6.42 Å². The van der Waals surface area contributed by atoms with E-state index in [0.717, 1.165) is 19.5 Å². The van der Waals surface area contributed by atoms with Crippen molar-refractivity contribution in [2.75, 3.05) is 0 Å². The smallest absolute Gasteiger partial charge is 0.173 e. The standard InChI is InChI=1S/C14H14O2S2/c1-9-3-7-14(17-9)12(16)6-4-11-5-8-13(18-11)10(2)15/h3,5,7-8H,4,6H2,1-2H3. The lowest BCUT2D eigenvalue weighted by atomic mass is 10.2. The van der Waals surface area contributed by atoms with Gasteiger partial charge in [-0.3, -0.25) is 9.59 Å². The van der Waals surface area contributed by atoms with E-state index >= 15 is 0 Å². The van der Waals surface area contributed by atoms with Crippen molar-refractivity contribution >= 4 is 34.2 Å². The Kier molecular flexibility index (Phi) is 4.09. The van der Waals surface area contributed by atoms with Crippen molar-refractivity contribution in [2.45, 2.75) is 26.7 Å². The summed E-state index contributed by atoms with van der Waals surface area (Å²) in [4.78, 5) is 26.9. The van der Waals surface area contributed by atoms with E-state index in [-0.39, 0.29) is 11.6 Å². The summed E-state index contributed by atoms with van der Waals surface area (Å²) in [7, 11) is 0. The zero-order chi connectivity index (χ0) is 13.1. The molecule has 2 aromatic rings. The normalized spacial score (nSPS) is 10.6. The molecule has 0 aromatic carbocycles. The molecule has 0 unspecified atom stereocenters. The summed E-state index contributed by atoms with van der Waals surface area (Å²) in [6.45, 7) is 3.56. The Morgan fingerprint density at radius 1 is 1.06 bits per heavy atom. The van der Waals surface area contributed by atoms with Crippen molar-refractivity contribution in [1.82, 2.24) is 0 Å². The van der Waals surface area contributed by atoms with Crippen LogP contribution < -0.4 is 0 Å². The Labute approximate surface area is 114 Å². The fourth-order valence-electron chi connectivity index (χ4n) is 1.65. The van der Waals surface area contributed by atoms with Crippen LogP contribution in [-0.4, -0.2) is 11.6 Å². The van der Waals surface area contributed by atoms with Crippen molar-refractivity contribution in [3.8, 4) is 0 Å². The number of thiophene rings is 2. The van der Waals surface area contributed by atoms with Gasteiger partial charge in [0.2, 0.25) is 0 Å². The van der Waals surface area contributed by atoms with E-state index in [4.69, 9.17) is 0 Å². The molecule has 94 valence electrons.